The van der Waals surface area contributed by atoms with Gasteiger partial charge >= 0.3 is 5.97 Å². The van der Waals surface area contributed by atoms with E-state index in [9.17, 15) is 9.59 Å². The van der Waals surface area contributed by atoms with Crippen LogP contribution in [0, 0.1) is 5.92 Å². The molecule has 4 rings (SSSR count). The zero-order valence-electron chi connectivity index (χ0n) is 21.2. The van der Waals surface area contributed by atoms with Gasteiger partial charge in [-0.25, -0.2) is 9.78 Å². The molecule has 1 aromatic heterocycles. The van der Waals surface area contributed by atoms with Gasteiger partial charge in [-0.1, -0.05) is 38.1 Å². The summed E-state index contributed by atoms with van der Waals surface area (Å²) in [6, 6.07) is 13.3. The number of nitrogens with zero attached hydrogens (tertiary/aromatic N) is 1. The molecular formula is C29H32N2O5. The largest absolute Gasteiger partial charge is 0.493 e. The Morgan fingerprint density at radius 3 is 2.58 bits per heavy atom. The average molecular weight is 489 g/mol. The van der Waals surface area contributed by atoms with Gasteiger partial charge in [0.15, 0.2) is 18.1 Å². The summed E-state index contributed by atoms with van der Waals surface area (Å²) in [5, 5.41) is 3.52. The molecule has 0 fully saturated rings. The molecule has 0 aliphatic heterocycles. The van der Waals surface area contributed by atoms with E-state index in [0.717, 1.165) is 40.6 Å². The molecule has 1 heterocycles. The number of carbonyl (C=O) groups excluding carboxylic acids is 2. The monoisotopic (exact) mass is 488 g/mol. The van der Waals surface area contributed by atoms with E-state index in [1.165, 1.54) is 0 Å². The number of allylic oxidation sites excluding steroid dienone is 1. The summed E-state index contributed by atoms with van der Waals surface area (Å²) in [4.78, 5) is 30.4. The summed E-state index contributed by atoms with van der Waals surface area (Å²) in [7, 11) is 3.22. The number of methoxy groups -OCH3 is 2. The van der Waals surface area contributed by atoms with Crippen molar-refractivity contribution in [2.75, 3.05) is 27.4 Å². The number of pyridine rings is 1. The number of esters is 1. The number of fused-ring (bicyclic) bond motifs is 2. The molecule has 0 saturated heterocycles. The van der Waals surface area contributed by atoms with Crippen LogP contribution in [-0.2, 0) is 16.0 Å². The zero-order chi connectivity index (χ0) is 25.7. The summed E-state index contributed by atoms with van der Waals surface area (Å²) < 4.78 is 16.3. The van der Waals surface area contributed by atoms with E-state index in [0.29, 0.717) is 41.5 Å². The maximum Gasteiger partial charge on any atom is 0.339 e. The van der Waals surface area contributed by atoms with Crippen LogP contribution in [0.3, 0.4) is 0 Å². The lowest BCUT2D eigenvalue weighted by Gasteiger charge is -2.22. The number of amides is 1. The van der Waals surface area contributed by atoms with Crippen molar-refractivity contribution in [3.05, 3.63) is 64.8 Å². The van der Waals surface area contributed by atoms with E-state index in [1.54, 1.807) is 14.2 Å². The number of aromatic nitrogens is 1. The van der Waals surface area contributed by atoms with Crippen LogP contribution in [0.5, 0.6) is 11.5 Å². The fraction of sp³-hybridized carbons (Fsp3) is 0.345. The van der Waals surface area contributed by atoms with E-state index >= 15 is 0 Å². The molecule has 0 bridgehead atoms. The van der Waals surface area contributed by atoms with E-state index in [2.05, 4.69) is 11.4 Å². The fourth-order valence-electron chi connectivity index (χ4n) is 4.42. The fourth-order valence-corrected chi connectivity index (χ4v) is 4.42. The summed E-state index contributed by atoms with van der Waals surface area (Å²) >= 11 is 0. The van der Waals surface area contributed by atoms with Crippen molar-refractivity contribution >= 4 is 34.4 Å². The minimum absolute atomic E-state index is 0.307. The Hall–Kier alpha value is -3.87. The molecule has 0 atom stereocenters. The van der Waals surface area contributed by atoms with Crippen molar-refractivity contribution in [3.63, 3.8) is 0 Å². The molecule has 188 valence electrons. The maximum atomic E-state index is 13.3. The van der Waals surface area contributed by atoms with E-state index in [1.807, 2.05) is 56.3 Å². The molecule has 1 amide bonds. The summed E-state index contributed by atoms with van der Waals surface area (Å²) in [5.41, 5.74) is 4.86. The third kappa shape index (κ3) is 5.51. The van der Waals surface area contributed by atoms with Crippen LogP contribution in [0.2, 0.25) is 0 Å². The van der Waals surface area contributed by atoms with Crippen molar-refractivity contribution < 1.29 is 23.8 Å². The quantitative estimate of drug-likeness (QED) is 0.446. The lowest BCUT2D eigenvalue weighted by atomic mass is 9.86. The van der Waals surface area contributed by atoms with Crippen LogP contribution in [0.4, 0.5) is 0 Å². The molecule has 7 heteroatoms. The molecule has 7 nitrogen and oxygen atoms in total. The first-order valence-corrected chi connectivity index (χ1v) is 12.2. The molecule has 1 aliphatic rings. The van der Waals surface area contributed by atoms with Gasteiger partial charge in [-0.15, -0.1) is 0 Å². The molecule has 3 aromatic rings. The van der Waals surface area contributed by atoms with Gasteiger partial charge in [-0.2, -0.15) is 0 Å². The standard InChI is InChI=1S/C29H32N2O5/c1-18(2)16-30-26(32)17-36-29(33)27-21-9-5-6-11-23(21)31-28-20(8-7-10-22(27)28)14-19-12-13-24(34-3)25(15-19)35-4/h5-6,9,11-15,18H,7-8,10,16-17H2,1-4H3,(H,30,32)/b20-14-. The number of nitrogens with one attached hydrogen (secondary N) is 1. The molecule has 0 unspecified atom stereocenters. The highest BCUT2D eigenvalue weighted by Gasteiger charge is 2.26. The van der Waals surface area contributed by atoms with Crippen LogP contribution in [0.25, 0.3) is 22.6 Å². The van der Waals surface area contributed by atoms with Crippen LogP contribution in [0.15, 0.2) is 42.5 Å². The Kier molecular flexibility index (Phi) is 7.88. The Bertz CT molecular complexity index is 1310. The minimum Gasteiger partial charge on any atom is -0.493 e. The molecule has 0 radical (unpaired) electrons. The smallest absolute Gasteiger partial charge is 0.339 e. The van der Waals surface area contributed by atoms with Gasteiger partial charge in [-0.3, -0.25) is 4.79 Å². The summed E-state index contributed by atoms with van der Waals surface area (Å²) in [6.07, 6.45) is 4.50. The second-order valence-corrected chi connectivity index (χ2v) is 9.24. The SMILES string of the molecule is COc1ccc(/C=C2/CCCc3c2nc2ccccc2c3C(=O)OCC(=O)NCC(C)C)cc1OC. The first-order chi connectivity index (χ1) is 17.4. The number of carbonyl (C=O) groups is 2. The van der Waals surface area contributed by atoms with Gasteiger partial charge in [0.1, 0.15) is 0 Å². The number of para-hydroxylation sites is 1. The number of hydrogen-bond donors (Lipinski definition) is 1. The number of rotatable bonds is 8. The Morgan fingerprint density at radius 2 is 1.83 bits per heavy atom. The molecule has 1 N–H and O–H groups in total. The van der Waals surface area contributed by atoms with E-state index in [4.69, 9.17) is 19.2 Å². The number of ether oxygens (including phenoxy) is 3. The minimum atomic E-state index is -0.503. The van der Waals surface area contributed by atoms with Crippen molar-refractivity contribution in [2.45, 2.75) is 33.1 Å². The number of hydrogen-bond acceptors (Lipinski definition) is 6. The first-order valence-electron chi connectivity index (χ1n) is 12.2. The highest BCUT2D eigenvalue weighted by atomic mass is 16.5. The van der Waals surface area contributed by atoms with Crippen molar-refractivity contribution in [3.8, 4) is 11.5 Å². The van der Waals surface area contributed by atoms with Crippen LogP contribution in [-0.4, -0.2) is 44.2 Å². The van der Waals surface area contributed by atoms with Gasteiger partial charge in [0.2, 0.25) is 0 Å². The highest BCUT2D eigenvalue weighted by molar-refractivity contribution is 6.07. The predicted molar refractivity (Wildman–Crippen MR) is 140 cm³/mol. The normalized spacial score (nSPS) is 14.0. The number of benzene rings is 2. The third-order valence-electron chi connectivity index (χ3n) is 6.16. The summed E-state index contributed by atoms with van der Waals surface area (Å²) in [5.74, 6) is 0.816. The van der Waals surface area contributed by atoms with Crippen molar-refractivity contribution in [1.82, 2.24) is 10.3 Å². The molecule has 0 spiro atoms. The van der Waals surface area contributed by atoms with E-state index < -0.39 is 5.97 Å². The van der Waals surface area contributed by atoms with Crippen LogP contribution in [0.1, 0.15) is 53.9 Å². The van der Waals surface area contributed by atoms with Gasteiger partial charge in [-0.05, 0) is 66.2 Å². The van der Waals surface area contributed by atoms with E-state index in [-0.39, 0.29) is 12.5 Å². The third-order valence-corrected chi connectivity index (χ3v) is 6.16. The second-order valence-electron chi connectivity index (χ2n) is 9.24. The maximum absolute atomic E-state index is 13.3. The lowest BCUT2D eigenvalue weighted by molar-refractivity contribution is -0.124. The molecule has 1 aliphatic carbocycles. The topological polar surface area (TPSA) is 86.8 Å². The van der Waals surface area contributed by atoms with Crippen LogP contribution >= 0.6 is 0 Å². The Labute approximate surface area is 211 Å². The highest BCUT2D eigenvalue weighted by Crippen LogP contribution is 2.37. The van der Waals surface area contributed by atoms with Gasteiger partial charge < -0.3 is 19.5 Å². The van der Waals surface area contributed by atoms with Gasteiger partial charge in [0.05, 0.1) is 31.0 Å². The molecule has 0 saturated carbocycles. The lowest BCUT2D eigenvalue weighted by Crippen LogP contribution is -2.31. The van der Waals surface area contributed by atoms with Crippen LogP contribution < -0.4 is 14.8 Å². The zero-order valence-corrected chi connectivity index (χ0v) is 21.2. The molecular weight excluding hydrogens is 456 g/mol. The van der Waals surface area contributed by atoms with Gasteiger partial charge in [0, 0.05) is 11.9 Å². The summed E-state index contributed by atoms with van der Waals surface area (Å²) in [6.45, 7) is 4.24. The second kappa shape index (κ2) is 11.2. The predicted octanol–water partition coefficient (Wildman–Crippen LogP) is 5.06. The van der Waals surface area contributed by atoms with Crippen molar-refractivity contribution in [2.24, 2.45) is 5.92 Å². The van der Waals surface area contributed by atoms with Crippen molar-refractivity contribution in [1.29, 1.82) is 0 Å². The average Bonchev–Trinajstić information content (AvgIpc) is 2.89. The first kappa shape index (κ1) is 25.2. The Balaban J connectivity index is 1.72. The molecule has 2 aromatic carbocycles. The Morgan fingerprint density at radius 1 is 1.06 bits per heavy atom. The van der Waals surface area contributed by atoms with Gasteiger partial charge in [0.25, 0.3) is 5.91 Å². The molecule has 36 heavy (non-hydrogen) atoms.